The van der Waals surface area contributed by atoms with Gasteiger partial charge >= 0.3 is 0 Å². The molecule has 25 heavy (non-hydrogen) atoms. The number of amides is 1. The average Bonchev–Trinajstić information content (AvgIpc) is 2.61. The molecule has 3 nitrogen and oxygen atoms in total. The normalized spacial score (nSPS) is 13.4. The van der Waals surface area contributed by atoms with Crippen LogP contribution >= 0.6 is 0 Å². The average molecular weight is 339 g/mol. The summed E-state index contributed by atoms with van der Waals surface area (Å²) >= 11 is 0. The van der Waals surface area contributed by atoms with E-state index < -0.39 is 6.10 Å². The van der Waals surface area contributed by atoms with Crippen LogP contribution in [0.3, 0.4) is 0 Å². The van der Waals surface area contributed by atoms with E-state index in [1.54, 1.807) is 6.92 Å². The second-order valence-corrected chi connectivity index (χ2v) is 6.78. The molecule has 3 heteroatoms. The Balaban J connectivity index is 2.00. The second kappa shape index (κ2) is 8.70. The van der Waals surface area contributed by atoms with E-state index in [0.29, 0.717) is 5.92 Å². The molecule has 2 aromatic carbocycles. The van der Waals surface area contributed by atoms with Crippen molar-refractivity contribution in [1.29, 1.82) is 0 Å². The minimum atomic E-state index is -0.544. The van der Waals surface area contributed by atoms with Crippen molar-refractivity contribution in [3.63, 3.8) is 0 Å². The predicted octanol–water partition coefficient (Wildman–Crippen LogP) is 5.02. The van der Waals surface area contributed by atoms with Gasteiger partial charge in [0.05, 0.1) is 6.04 Å². The molecule has 2 aromatic rings. The number of ether oxygens (including phenoxy) is 1. The molecule has 0 aliphatic carbocycles. The summed E-state index contributed by atoms with van der Waals surface area (Å²) in [5.41, 5.74) is 3.51. The molecule has 0 saturated carbocycles. The molecule has 0 bridgehead atoms. The zero-order valence-electron chi connectivity index (χ0n) is 15.9. The molecule has 0 spiro atoms. The number of benzene rings is 2. The number of para-hydroxylation sites is 1. The monoisotopic (exact) mass is 339 g/mol. The fraction of sp³-hybridized carbons (Fsp3) is 0.409. The summed E-state index contributed by atoms with van der Waals surface area (Å²) in [5.74, 6) is 1.02. The Morgan fingerprint density at radius 2 is 1.64 bits per heavy atom. The summed E-state index contributed by atoms with van der Waals surface area (Å²) in [5, 5.41) is 3.04. The number of nitrogens with one attached hydrogen (secondary N) is 1. The van der Waals surface area contributed by atoms with Gasteiger partial charge < -0.3 is 10.1 Å². The van der Waals surface area contributed by atoms with E-state index in [1.807, 2.05) is 31.2 Å². The van der Waals surface area contributed by atoms with Gasteiger partial charge in [0, 0.05) is 0 Å². The van der Waals surface area contributed by atoms with Crippen LogP contribution in [0, 0.1) is 0 Å². The van der Waals surface area contributed by atoms with Crippen LogP contribution in [0.1, 0.15) is 63.3 Å². The van der Waals surface area contributed by atoms with Crippen LogP contribution in [0.5, 0.6) is 5.75 Å². The molecular formula is C22H29NO2. The van der Waals surface area contributed by atoms with E-state index in [1.165, 1.54) is 5.56 Å². The SMILES string of the molecule is CCc1ccc([C@H](C)NC(=O)[C@H](C)Oc2ccccc2C(C)C)cc1. The summed E-state index contributed by atoms with van der Waals surface area (Å²) in [4.78, 5) is 12.5. The van der Waals surface area contributed by atoms with Gasteiger partial charge in [0.1, 0.15) is 5.75 Å². The Kier molecular flexibility index (Phi) is 6.63. The molecule has 2 rings (SSSR count). The largest absolute Gasteiger partial charge is 0.481 e. The number of rotatable bonds is 7. The first kappa shape index (κ1) is 19.0. The van der Waals surface area contributed by atoms with Gasteiger partial charge in [-0.1, -0.05) is 63.2 Å². The van der Waals surface area contributed by atoms with Crippen LogP contribution in [0.15, 0.2) is 48.5 Å². The van der Waals surface area contributed by atoms with Gasteiger partial charge in [-0.2, -0.15) is 0 Å². The maximum Gasteiger partial charge on any atom is 0.261 e. The van der Waals surface area contributed by atoms with Gasteiger partial charge in [0.15, 0.2) is 6.10 Å². The van der Waals surface area contributed by atoms with Gasteiger partial charge in [0.2, 0.25) is 0 Å². The van der Waals surface area contributed by atoms with Crippen molar-refractivity contribution in [2.75, 3.05) is 0 Å². The van der Waals surface area contributed by atoms with Crippen LogP contribution in [0.2, 0.25) is 0 Å². The molecule has 0 aromatic heterocycles. The van der Waals surface area contributed by atoms with Crippen molar-refractivity contribution in [2.24, 2.45) is 0 Å². The third-order valence-corrected chi connectivity index (χ3v) is 4.46. The molecule has 0 unspecified atom stereocenters. The van der Waals surface area contributed by atoms with E-state index >= 15 is 0 Å². The van der Waals surface area contributed by atoms with Crippen LogP contribution < -0.4 is 10.1 Å². The van der Waals surface area contributed by atoms with Crippen molar-refractivity contribution in [3.8, 4) is 5.75 Å². The summed E-state index contributed by atoms with van der Waals surface area (Å²) < 4.78 is 5.93. The van der Waals surface area contributed by atoms with Gasteiger partial charge in [-0.05, 0) is 48.9 Å². The first-order chi connectivity index (χ1) is 11.9. The molecule has 134 valence electrons. The molecule has 0 saturated heterocycles. The fourth-order valence-corrected chi connectivity index (χ4v) is 2.76. The quantitative estimate of drug-likeness (QED) is 0.769. The lowest BCUT2D eigenvalue weighted by Crippen LogP contribution is -2.37. The van der Waals surface area contributed by atoms with Crippen molar-refractivity contribution in [2.45, 2.75) is 59.1 Å². The van der Waals surface area contributed by atoms with Gasteiger partial charge in [0.25, 0.3) is 5.91 Å². The topological polar surface area (TPSA) is 38.3 Å². The van der Waals surface area contributed by atoms with Crippen LogP contribution in [0.4, 0.5) is 0 Å². The maximum atomic E-state index is 12.5. The highest BCUT2D eigenvalue weighted by Gasteiger charge is 2.19. The van der Waals surface area contributed by atoms with Gasteiger partial charge in [-0.15, -0.1) is 0 Å². The lowest BCUT2D eigenvalue weighted by Gasteiger charge is -2.21. The Hall–Kier alpha value is -2.29. The lowest BCUT2D eigenvalue weighted by atomic mass is 10.0. The number of hydrogen-bond acceptors (Lipinski definition) is 2. The third-order valence-electron chi connectivity index (χ3n) is 4.46. The van der Waals surface area contributed by atoms with Crippen molar-refractivity contribution < 1.29 is 9.53 Å². The fourth-order valence-electron chi connectivity index (χ4n) is 2.76. The molecule has 1 amide bonds. The summed E-state index contributed by atoms with van der Waals surface area (Å²) in [6.07, 6.45) is 0.471. The number of carbonyl (C=O) groups excluding carboxylic acids is 1. The van der Waals surface area contributed by atoms with Crippen LogP contribution in [-0.2, 0) is 11.2 Å². The highest BCUT2D eigenvalue weighted by Crippen LogP contribution is 2.26. The van der Waals surface area contributed by atoms with E-state index in [0.717, 1.165) is 23.3 Å². The van der Waals surface area contributed by atoms with E-state index in [2.05, 4.69) is 50.4 Å². The van der Waals surface area contributed by atoms with Crippen LogP contribution in [-0.4, -0.2) is 12.0 Å². The first-order valence-electron chi connectivity index (χ1n) is 9.07. The van der Waals surface area contributed by atoms with Crippen molar-refractivity contribution >= 4 is 5.91 Å². The molecule has 0 fully saturated rings. The second-order valence-electron chi connectivity index (χ2n) is 6.78. The predicted molar refractivity (Wildman–Crippen MR) is 103 cm³/mol. The Labute approximate surface area is 151 Å². The minimum absolute atomic E-state index is 0.0511. The molecular weight excluding hydrogens is 310 g/mol. The highest BCUT2D eigenvalue weighted by atomic mass is 16.5. The van der Waals surface area contributed by atoms with Crippen LogP contribution in [0.25, 0.3) is 0 Å². The number of aryl methyl sites for hydroxylation is 1. The minimum Gasteiger partial charge on any atom is -0.481 e. The molecule has 1 N–H and O–H groups in total. The van der Waals surface area contributed by atoms with Crippen molar-refractivity contribution in [3.05, 3.63) is 65.2 Å². The molecule has 0 radical (unpaired) electrons. The smallest absolute Gasteiger partial charge is 0.261 e. The first-order valence-corrected chi connectivity index (χ1v) is 9.07. The van der Waals surface area contributed by atoms with E-state index in [9.17, 15) is 4.79 Å². The zero-order valence-corrected chi connectivity index (χ0v) is 15.9. The maximum absolute atomic E-state index is 12.5. The third kappa shape index (κ3) is 5.09. The standard InChI is InChI=1S/C22H29NO2/c1-6-18-11-13-19(14-12-18)16(4)23-22(24)17(5)25-21-10-8-7-9-20(21)15(2)3/h7-17H,6H2,1-5H3,(H,23,24)/t16-,17-/m0/s1. The molecule has 0 heterocycles. The summed E-state index contributed by atoms with van der Waals surface area (Å²) in [7, 11) is 0. The zero-order chi connectivity index (χ0) is 18.4. The van der Waals surface area contributed by atoms with Gasteiger partial charge in [-0.25, -0.2) is 0 Å². The Morgan fingerprint density at radius 1 is 1.00 bits per heavy atom. The molecule has 2 atom stereocenters. The van der Waals surface area contributed by atoms with E-state index in [4.69, 9.17) is 4.74 Å². The molecule has 0 aliphatic heterocycles. The van der Waals surface area contributed by atoms with Crippen molar-refractivity contribution in [1.82, 2.24) is 5.32 Å². The van der Waals surface area contributed by atoms with Gasteiger partial charge in [-0.3, -0.25) is 4.79 Å². The Morgan fingerprint density at radius 3 is 2.24 bits per heavy atom. The summed E-state index contributed by atoms with van der Waals surface area (Å²) in [6.45, 7) is 10.2. The lowest BCUT2D eigenvalue weighted by molar-refractivity contribution is -0.127. The Bertz CT molecular complexity index is 691. The van der Waals surface area contributed by atoms with E-state index in [-0.39, 0.29) is 11.9 Å². The molecule has 0 aliphatic rings. The number of hydrogen-bond donors (Lipinski definition) is 1. The highest BCUT2D eigenvalue weighted by molar-refractivity contribution is 5.81. The number of carbonyl (C=O) groups is 1. The summed E-state index contributed by atoms with van der Waals surface area (Å²) in [6, 6.07) is 16.2.